The molecule has 0 spiro atoms. The monoisotopic (exact) mass is 383 g/mol. The minimum atomic E-state index is -0.0696. The van der Waals surface area contributed by atoms with E-state index in [0.29, 0.717) is 12.5 Å². The molecule has 0 unspecified atom stereocenters. The molecule has 6 heteroatoms. The van der Waals surface area contributed by atoms with Crippen LogP contribution in [0.4, 0.5) is 11.4 Å². The lowest BCUT2D eigenvalue weighted by Crippen LogP contribution is -2.31. The van der Waals surface area contributed by atoms with Crippen molar-refractivity contribution < 1.29 is 9.59 Å². The summed E-state index contributed by atoms with van der Waals surface area (Å²) in [5, 5.41) is 8.04. The number of benzene rings is 1. The zero-order valence-electron chi connectivity index (χ0n) is 15.5. The molecule has 5 nitrogen and oxygen atoms in total. The van der Waals surface area contributed by atoms with E-state index in [9.17, 15) is 9.59 Å². The van der Waals surface area contributed by atoms with E-state index in [1.807, 2.05) is 29.5 Å². The van der Waals surface area contributed by atoms with Gasteiger partial charge in [-0.3, -0.25) is 9.59 Å². The Kier molecular flexibility index (Phi) is 5.16. The van der Waals surface area contributed by atoms with E-state index >= 15 is 0 Å². The molecule has 2 N–H and O–H groups in total. The zero-order valence-corrected chi connectivity index (χ0v) is 16.3. The molecule has 1 saturated carbocycles. The third kappa shape index (κ3) is 4.16. The Bertz CT molecular complexity index is 847. The third-order valence-electron chi connectivity index (χ3n) is 5.42. The van der Waals surface area contributed by atoms with Crippen molar-refractivity contribution in [3.05, 3.63) is 46.2 Å². The van der Waals surface area contributed by atoms with Crippen LogP contribution in [0.25, 0.3) is 0 Å². The minimum absolute atomic E-state index is 0.0696. The van der Waals surface area contributed by atoms with Crippen molar-refractivity contribution in [3.63, 3.8) is 0 Å². The normalized spacial score (nSPS) is 20.7. The molecule has 1 fully saturated rings. The van der Waals surface area contributed by atoms with Crippen molar-refractivity contribution in [2.75, 3.05) is 23.3 Å². The molecule has 2 heterocycles. The predicted molar refractivity (Wildman–Crippen MR) is 109 cm³/mol. The van der Waals surface area contributed by atoms with Gasteiger partial charge in [-0.1, -0.05) is 19.1 Å². The summed E-state index contributed by atoms with van der Waals surface area (Å²) >= 11 is 1.82. The Hall–Kier alpha value is -2.34. The molecule has 1 aromatic carbocycles. The lowest BCUT2D eigenvalue weighted by molar-refractivity contribution is -0.122. The highest BCUT2D eigenvalue weighted by atomic mass is 32.1. The molecule has 4 rings (SSSR count). The Morgan fingerprint density at radius 1 is 1.26 bits per heavy atom. The van der Waals surface area contributed by atoms with Crippen molar-refractivity contribution in [1.82, 2.24) is 5.32 Å². The van der Waals surface area contributed by atoms with Gasteiger partial charge >= 0.3 is 0 Å². The number of para-hydroxylation sites is 2. The van der Waals surface area contributed by atoms with Gasteiger partial charge in [0.2, 0.25) is 11.8 Å². The van der Waals surface area contributed by atoms with Crippen LogP contribution in [0, 0.1) is 11.8 Å². The van der Waals surface area contributed by atoms with Gasteiger partial charge in [-0.25, -0.2) is 0 Å². The quantitative estimate of drug-likeness (QED) is 0.804. The maximum absolute atomic E-state index is 12.4. The SMILES string of the molecule is C[C@H]1C[C@H]1C(=O)NCCC(=O)Nc1ccccc1N1CCc2sccc2C1. The van der Waals surface area contributed by atoms with Crippen molar-refractivity contribution in [2.45, 2.75) is 32.7 Å². The van der Waals surface area contributed by atoms with Gasteiger partial charge in [0, 0.05) is 36.9 Å². The molecule has 1 aliphatic heterocycles. The van der Waals surface area contributed by atoms with Crippen molar-refractivity contribution >= 4 is 34.5 Å². The number of fused-ring (bicyclic) bond motifs is 1. The first-order valence-corrected chi connectivity index (χ1v) is 10.5. The number of carbonyl (C=O) groups excluding carboxylic acids is 2. The summed E-state index contributed by atoms with van der Waals surface area (Å²) in [7, 11) is 0. The van der Waals surface area contributed by atoms with Gasteiger partial charge in [0.05, 0.1) is 11.4 Å². The van der Waals surface area contributed by atoms with E-state index in [1.54, 1.807) is 0 Å². The fourth-order valence-corrected chi connectivity index (χ4v) is 4.53. The van der Waals surface area contributed by atoms with E-state index in [4.69, 9.17) is 0 Å². The van der Waals surface area contributed by atoms with Crippen molar-refractivity contribution in [2.24, 2.45) is 11.8 Å². The second-order valence-corrected chi connectivity index (χ2v) is 8.47. The summed E-state index contributed by atoms with van der Waals surface area (Å²) in [5.41, 5.74) is 3.27. The standard InChI is InChI=1S/C21H25N3O2S/c1-14-12-16(14)21(26)22-9-6-20(25)23-17-4-2-3-5-18(17)24-10-7-19-15(13-24)8-11-27-19/h2-5,8,11,14,16H,6-7,9-10,12-13H2,1H3,(H,22,26)(H,23,25)/t14-,16+/m0/s1. The first kappa shape index (κ1) is 18.0. The summed E-state index contributed by atoms with van der Waals surface area (Å²) in [6.45, 7) is 4.29. The lowest BCUT2D eigenvalue weighted by atomic mass is 10.1. The molecule has 2 atom stereocenters. The number of amides is 2. The number of carbonyl (C=O) groups is 2. The Labute approximate surface area is 163 Å². The molecule has 142 valence electrons. The second kappa shape index (κ2) is 7.72. The van der Waals surface area contributed by atoms with Crippen LogP contribution < -0.4 is 15.5 Å². The fourth-order valence-electron chi connectivity index (χ4n) is 3.64. The summed E-state index contributed by atoms with van der Waals surface area (Å²) in [6.07, 6.45) is 2.30. The van der Waals surface area contributed by atoms with Crippen LogP contribution in [0.5, 0.6) is 0 Å². The molecule has 2 aromatic rings. The smallest absolute Gasteiger partial charge is 0.226 e. The minimum Gasteiger partial charge on any atom is -0.365 e. The van der Waals surface area contributed by atoms with Gasteiger partial charge in [0.1, 0.15) is 0 Å². The van der Waals surface area contributed by atoms with Crippen molar-refractivity contribution in [3.8, 4) is 0 Å². The summed E-state index contributed by atoms with van der Waals surface area (Å²) < 4.78 is 0. The third-order valence-corrected chi connectivity index (χ3v) is 6.45. The average Bonchev–Trinajstić information content (AvgIpc) is 3.22. The zero-order chi connectivity index (χ0) is 18.8. The van der Waals surface area contributed by atoms with Gasteiger partial charge in [-0.2, -0.15) is 0 Å². The van der Waals surface area contributed by atoms with E-state index in [0.717, 1.165) is 37.3 Å². The highest BCUT2D eigenvalue weighted by Crippen LogP contribution is 2.37. The van der Waals surface area contributed by atoms with Crippen molar-refractivity contribution in [1.29, 1.82) is 0 Å². The topological polar surface area (TPSA) is 61.4 Å². The number of hydrogen-bond donors (Lipinski definition) is 2. The van der Waals surface area contributed by atoms with Crippen LogP contribution >= 0.6 is 11.3 Å². The summed E-state index contributed by atoms with van der Waals surface area (Å²) in [4.78, 5) is 28.0. The molecular weight excluding hydrogens is 358 g/mol. The van der Waals surface area contributed by atoms with E-state index in [2.05, 4.69) is 40.0 Å². The van der Waals surface area contributed by atoms with Crippen LogP contribution in [0.3, 0.4) is 0 Å². The van der Waals surface area contributed by atoms with Crippen LogP contribution in [0.1, 0.15) is 30.2 Å². The summed E-state index contributed by atoms with van der Waals surface area (Å²) in [6, 6.07) is 10.1. The van der Waals surface area contributed by atoms with Gasteiger partial charge in [0.15, 0.2) is 0 Å². The van der Waals surface area contributed by atoms with Crippen LogP contribution in [0.2, 0.25) is 0 Å². The van der Waals surface area contributed by atoms with E-state index in [-0.39, 0.29) is 24.2 Å². The number of rotatable bonds is 6. The predicted octanol–water partition coefficient (Wildman–Crippen LogP) is 3.41. The summed E-state index contributed by atoms with van der Waals surface area (Å²) in [5.74, 6) is 0.643. The van der Waals surface area contributed by atoms with Crippen LogP contribution in [-0.2, 0) is 22.6 Å². The molecule has 2 aliphatic rings. The van der Waals surface area contributed by atoms with Gasteiger partial charge < -0.3 is 15.5 Å². The number of anilines is 2. The molecule has 0 radical (unpaired) electrons. The lowest BCUT2D eigenvalue weighted by Gasteiger charge is -2.30. The second-order valence-electron chi connectivity index (χ2n) is 7.47. The Morgan fingerprint density at radius 2 is 2.07 bits per heavy atom. The molecule has 1 aliphatic carbocycles. The molecule has 2 amide bonds. The fraction of sp³-hybridized carbons (Fsp3) is 0.429. The van der Waals surface area contributed by atoms with Crippen LogP contribution in [0.15, 0.2) is 35.7 Å². The number of hydrogen-bond acceptors (Lipinski definition) is 4. The largest absolute Gasteiger partial charge is 0.365 e. The van der Waals surface area contributed by atoms with E-state index < -0.39 is 0 Å². The first-order valence-electron chi connectivity index (χ1n) is 9.58. The maximum atomic E-state index is 12.4. The highest BCUT2D eigenvalue weighted by molar-refractivity contribution is 7.10. The average molecular weight is 384 g/mol. The first-order chi connectivity index (χ1) is 13.1. The molecular formula is C21H25N3O2S. The van der Waals surface area contributed by atoms with Crippen LogP contribution in [-0.4, -0.2) is 24.9 Å². The number of thiophene rings is 1. The van der Waals surface area contributed by atoms with Gasteiger partial charge in [-0.15, -0.1) is 11.3 Å². The van der Waals surface area contributed by atoms with Gasteiger partial charge in [0.25, 0.3) is 0 Å². The number of nitrogens with zero attached hydrogens (tertiary/aromatic N) is 1. The molecule has 0 saturated heterocycles. The molecule has 1 aromatic heterocycles. The number of nitrogens with one attached hydrogen (secondary N) is 2. The highest BCUT2D eigenvalue weighted by Gasteiger charge is 2.38. The maximum Gasteiger partial charge on any atom is 0.226 e. The Balaban J connectivity index is 1.34. The molecule has 0 bridgehead atoms. The van der Waals surface area contributed by atoms with E-state index in [1.165, 1.54) is 10.4 Å². The van der Waals surface area contributed by atoms with Gasteiger partial charge in [-0.05, 0) is 47.9 Å². The molecule has 27 heavy (non-hydrogen) atoms. The Morgan fingerprint density at radius 3 is 2.89 bits per heavy atom.